The van der Waals surface area contributed by atoms with Gasteiger partial charge < -0.3 is 5.11 Å². The molecular formula is C26H42O3. The third kappa shape index (κ3) is 3.39. The minimum atomic E-state index is -0.934. The van der Waals surface area contributed by atoms with Gasteiger partial charge in [-0.15, -0.1) is 0 Å². The number of carboxylic acid groups (broad SMARTS) is 1. The van der Waals surface area contributed by atoms with Crippen molar-refractivity contribution in [3.63, 3.8) is 0 Å². The Labute approximate surface area is 177 Å². The Morgan fingerprint density at radius 3 is 2.34 bits per heavy atom. The monoisotopic (exact) mass is 402 g/mol. The lowest BCUT2D eigenvalue weighted by atomic mass is 9.44. The maximum absolute atomic E-state index is 11.9. The van der Waals surface area contributed by atoms with Crippen LogP contribution in [0, 0.1) is 52.3 Å². The molecule has 4 rings (SSSR count). The molecule has 4 aliphatic rings. The largest absolute Gasteiger partial charge is 0.481 e. The summed E-state index contributed by atoms with van der Waals surface area (Å²) in [7, 11) is 0. The lowest BCUT2D eigenvalue weighted by molar-refractivity contribution is -0.147. The van der Waals surface area contributed by atoms with Crippen molar-refractivity contribution in [1.29, 1.82) is 0 Å². The minimum absolute atomic E-state index is 0.184. The smallest absolute Gasteiger partial charge is 0.314 e. The molecule has 0 aliphatic heterocycles. The predicted octanol–water partition coefficient (Wildman–Crippen LogP) is 6.35. The van der Waals surface area contributed by atoms with E-state index in [0.717, 1.165) is 23.7 Å². The topological polar surface area (TPSA) is 54.4 Å². The maximum Gasteiger partial charge on any atom is 0.314 e. The Kier molecular flexibility index (Phi) is 5.66. The zero-order valence-corrected chi connectivity index (χ0v) is 19.1. The zero-order valence-electron chi connectivity index (χ0n) is 19.1. The van der Waals surface area contributed by atoms with Crippen molar-refractivity contribution >= 4 is 11.8 Å². The van der Waals surface area contributed by atoms with Gasteiger partial charge in [-0.2, -0.15) is 0 Å². The van der Waals surface area contributed by atoms with E-state index < -0.39 is 11.9 Å². The van der Waals surface area contributed by atoms with Crippen molar-refractivity contribution in [2.24, 2.45) is 52.3 Å². The fourth-order valence-corrected chi connectivity index (χ4v) is 9.25. The van der Waals surface area contributed by atoms with Crippen molar-refractivity contribution < 1.29 is 14.7 Å². The molecule has 4 saturated carbocycles. The first-order valence-corrected chi connectivity index (χ1v) is 12.4. The molecule has 0 aromatic rings. The average Bonchev–Trinajstić information content (AvgIpc) is 3.02. The lowest BCUT2D eigenvalue weighted by Gasteiger charge is -2.61. The van der Waals surface area contributed by atoms with Crippen LogP contribution in [0.3, 0.4) is 0 Å². The van der Waals surface area contributed by atoms with Crippen LogP contribution in [-0.2, 0) is 9.59 Å². The second kappa shape index (κ2) is 7.68. The number of hydrogen-bond donors (Lipinski definition) is 1. The SMILES string of the molecule is CC(=O)C(C[C@@H](C)[C@H]1CC[C@H]2[C@@H]3CCC4CCCC[C@]4(C)[C@H]3CC[C@]12C)C(=O)O. The van der Waals surface area contributed by atoms with E-state index in [0.29, 0.717) is 29.1 Å². The summed E-state index contributed by atoms with van der Waals surface area (Å²) in [5.74, 6) is 2.53. The Hall–Kier alpha value is -0.860. The van der Waals surface area contributed by atoms with Gasteiger partial charge >= 0.3 is 5.97 Å². The quantitative estimate of drug-likeness (QED) is 0.545. The van der Waals surface area contributed by atoms with Gasteiger partial charge in [0.15, 0.2) is 0 Å². The third-order valence-electron chi connectivity index (χ3n) is 10.7. The molecule has 1 N–H and O–H groups in total. The second-order valence-corrected chi connectivity index (χ2v) is 11.8. The van der Waals surface area contributed by atoms with Gasteiger partial charge in [-0.1, -0.05) is 33.6 Å². The maximum atomic E-state index is 11.9. The Morgan fingerprint density at radius 2 is 1.66 bits per heavy atom. The van der Waals surface area contributed by atoms with Crippen LogP contribution in [0.1, 0.15) is 98.3 Å². The van der Waals surface area contributed by atoms with Crippen molar-refractivity contribution in [3.8, 4) is 0 Å². The van der Waals surface area contributed by atoms with E-state index in [1.54, 1.807) is 0 Å². The highest BCUT2D eigenvalue weighted by molar-refractivity contribution is 5.96. The van der Waals surface area contributed by atoms with Crippen LogP contribution in [0.5, 0.6) is 0 Å². The normalized spacial score (nSPS) is 46.1. The first kappa shape index (κ1) is 21.4. The van der Waals surface area contributed by atoms with Crippen molar-refractivity contribution in [2.45, 2.75) is 98.3 Å². The van der Waals surface area contributed by atoms with Crippen molar-refractivity contribution in [2.75, 3.05) is 0 Å². The molecule has 3 heteroatoms. The molecule has 2 unspecified atom stereocenters. The highest BCUT2D eigenvalue weighted by Gasteiger charge is 2.60. The van der Waals surface area contributed by atoms with E-state index in [1.165, 1.54) is 71.1 Å². The fraction of sp³-hybridized carbons (Fsp3) is 0.923. The summed E-state index contributed by atoms with van der Waals surface area (Å²) in [6.45, 7) is 8.83. The van der Waals surface area contributed by atoms with E-state index in [-0.39, 0.29) is 5.78 Å². The van der Waals surface area contributed by atoms with Gasteiger partial charge in [0, 0.05) is 0 Å². The number of carboxylic acids is 1. The molecule has 0 heterocycles. The Bertz CT molecular complexity index is 642. The van der Waals surface area contributed by atoms with Crippen molar-refractivity contribution in [3.05, 3.63) is 0 Å². The van der Waals surface area contributed by atoms with E-state index >= 15 is 0 Å². The number of Topliss-reactive ketones (excluding diaryl/α,β-unsaturated/α-hetero) is 1. The second-order valence-electron chi connectivity index (χ2n) is 11.8. The highest BCUT2D eigenvalue weighted by Crippen LogP contribution is 2.68. The van der Waals surface area contributed by atoms with Gasteiger partial charge in [0.1, 0.15) is 11.7 Å². The van der Waals surface area contributed by atoms with Gasteiger partial charge in [-0.25, -0.2) is 0 Å². The minimum Gasteiger partial charge on any atom is -0.481 e. The molecule has 29 heavy (non-hydrogen) atoms. The number of hydrogen-bond acceptors (Lipinski definition) is 2. The van der Waals surface area contributed by atoms with Crippen LogP contribution in [0.15, 0.2) is 0 Å². The molecule has 0 saturated heterocycles. The van der Waals surface area contributed by atoms with Gasteiger partial charge in [-0.3, -0.25) is 9.59 Å². The lowest BCUT2D eigenvalue weighted by Crippen LogP contribution is -2.53. The molecule has 0 amide bonds. The highest BCUT2D eigenvalue weighted by atomic mass is 16.4. The number of fused-ring (bicyclic) bond motifs is 5. The van der Waals surface area contributed by atoms with Crippen LogP contribution >= 0.6 is 0 Å². The Balaban J connectivity index is 1.52. The number of carbonyl (C=O) groups excluding carboxylic acids is 1. The summed E-state index contributed by atoms with van der Waals surface area (Å²) in [5.41, 5.74) is 0.924. The van der Waals surface area contributed by atoms with Gasteiger partial charge in [0.2, 0.25) is 0 Å². The van der Waals surface area contributed by atoms with E-state index in [9.17, 15) is 14.7 Å². The van der Waals surface area contributed by atoms with E-state index in [2.05, 4.69) is 20.8 Å². The summed E-state index contributed by atoms with van der Waals surface area (Å²) in [4.78, 5) is 23.5. The van der Waals surface area contributed by atoms with E-state index in [4.69, 9.17) is 0 Å². The molecule has 9 atom stereocenters. The van der Waals surface area contributed by atoms with Crippen LogP contribution in [0.25, 0.3) is 0 Å². The number of carbonyl (C=O) groups is 2. The molecule has 0 bridgehead atoms. The number of aliphatic carboxylic acids is 1. The first-order chi connectivity index (χ1) is 13.7. The summed E-state index contributed by atoms with van der Waals surface area (Å²) < 4.78 is 0. The molecule has 4 fully saturated rings. The van der Waals surface area contributed by atoms with Crippen LogP contribution in [0.4, 0.5) is 0 Å². The summed E-state index contributed by atoms with van der Waals surface area (Å²) in [6, 6.07) is 0. The molecule has 4 aliphatic carbocycles. The molecular weight excluding hydrogens is 360 g/mol. The fourth-order valence-electron chi connectivity index (χ4n) is 9.25. The molecule has 0 radical (unpaired) electrons. The van der Waals surface area contributed by atoms with Gasteiger partial charge in [-0.05, 0) is 111 Å². The van der Waals surface area contributed by atoms with Crippen LogP contribution in [-0.4, -0.2) is 16.9 Å². The zero-order chi connectivity index (χ0) is 21.0. The number of ketones is 1. The standard InChI is InChI=1S/C26H42O3/c1-16(15-20(17(2)27)24(28)29)21-10-11-22-19-9-8-18-7-5-6-13-25(18,3)23(19)12-14-26(21,22)4/h16,18-23H,5-15H2,1-4H3,(H,28,29)/t16-,18?,19+,20?,21-,22+,23+,25+,26-/m1/s1. The van der Waals surface area contributed by atoms with Crippen molar-refractivity contribution in [1.82, 2.24) is 0 Å². The van der Waals surface area contributed by atoms with Crippen LogP contribution in [0.2, 0.25) is 0 Å². The Morgan fingerprint density at radius 1 is 0.931 bits per heavy atom. The summed E-state index contributed by atoms with van der Waals surface area (Å²) in [6.07, 6.45) is 14.4. The molecule has 3 nitrogen and oxygen atoms in total. The molecule has 0 aromatic heterocycles. The van der Waals surface area contributed by atoms with Gasteiger partial charge in [0.05, 0.1) is 0 Å². The first-order valence-electron chi connectivity index (χ1n) is 12.4. The molecule has 0 aromatic carbocycles. The summed E-state index contributed by atoms with van der Waals surface area (Å²) in [5, 5.41) is 9.50. The third-order valence-corrected chi connectivity index (χ3v) is 10.7. The molecule has 0 spiro atoms. The number of rotatable bonds is 5. The average molecular weight is 403 g/mol. The van der Waals surface area contributed by atoms with Crippen LogP contribution < -0.4 is 0 Å². The molecule has 164 valence electrons. The predicted molar refractivity (Wildman–Crippen MR) is 115 cm³/mol. The summed E-state index contributed by atoms with van der Waals surface area (Å²) >= 11 is 0. The van der Waals surface area contributed by atoms with Gasteiger partial charge in [0.25, 0.3) is 0 Å². The van der Waals surface area contributed by atoms with E-state index in [1.807, 2.05) is 0 Å².